The van der Waals surface area contributed by atoms with Crippen molar-refractivity contribution >= 4 is 11.6 Å². The first kappa shape index (κ1) is 11.7. The summed E-state index contributed by atoms with van der Waals surface area (Å²) >= 11 is 6.04. The van der Waals surface area contributed by atoms with Crippen LogP contribution in [0.1, 0.15) is 0 Å². The lowest BCUT2D eigenvalue weighted by Gasteiger charge is -2.02. The van der Waals surface area contributed by atoms with E-state index in [0.29, 0.717) is 10.8 Å². The summed E-state index contributed by atoms with van der Waals surface area (Å²) in [5, 5.41) is 3.43. The summed E-state index contributed by atoms with van der Waals surface area (Å²) in [4.78, 5) is 16.1. The minimum absolute atomic E-state index is 0.195. The van der Waals surface area contributed by atoms with Crippen molar-refractivity contribution in [3.05, 3.63) is 70.1 Å². The average Bonchev–Trinajstić information content (AvgIpc) is 2.82. The third-order valence-corrected chi connectivity index (χ3v) is 3.05. The van der Waals surface area contributed by atoms with Crippen LogP contribution in [0.4, 0.5) is 0 Å². The SMILES string of the molecule is O=c1cc(-c2ccccc2)[nH]n1-c1ncccc1Cl. The van der Waals surface area contributed by atoms with Gasteiger partial charge in [0.2, 0.25) is 0 Å². The van der Waals surface area contributed by atoms with Crippen LogP contribution < -0.4 is 5.56 Å². The van der Waals surface area contributed by atoms with E-state index < -0.39 is 0 Å². The van der Waals surface area contributed by atoms with Gasteiger partial charge in [0, 0.05) is 12.3 Å². The standard InChI is InChI=1S/C14H10ClN3O/c15-11-7-4-8-16-14(11)18-13(19)9-12(17-18)10-5-2-1-3-6-10/h1-9,17H. The van der Waals surface area contributed by atoms with Gasteiger partial charge in [0.1, 0.15) is 0 Å². The van der Waals surface area contributed by atoms with Crippen LogP contribution in [0.3, 0.4) is 0 Å². The highest BCUT2D eigenvalue weighted by Gasteiger charge is 2.10. The van der Waals surface area contributed by atoms with E-state index in [4.69, 9.17) is 11.6 Å². The fourth-order valence-electron chi connectivity index (χ4n) is 1.86. The molecule has 0 aliphatic rings. The maximum absolute atomic E-state index is 12.0. The van der Waals surface area contributed by atoms with E-state index in [2.05, 4.69) is 10.1 Å². The molecule has 0 fully saturated rings. The second kappa shape index (κ2) is 4.74. The molecule has 0 aliphatic heterocycles. The van der Waals surface area contributed by atoms with Crippen molar-refractivity contribution in [2.45, 2.75) is 0 Å². The predicted octanol–water partition coefficient (Wildman–Crippen LogP) is 2.88. The molecular formula is C14H10ClN3O. The fourth-order valence-corrected chi connectivity index (χ4v) is 2.07. The lowest BCUT2D eigenvalue weighted by molar-refractivity contribution is 0.822. The van der Waals surface area contributed by atoms with Crippen LogP contribution >= 0.6 is 11.6 Å². The number of aromatic nitrogens is 3. The van der Waals surface area contributed by atoms with Crippen LogP contribution in [0.5, 0.6) is 0 Å². The van der Waals surface area contributed by atoms with E-state index >= 15 is 0 Å². The van der Waals surface area contributed by atoms with Crippen molar-refractivity contribution in [1.29, 1.82) is 0 Å². The number of H-pyrrole nitrogens is 1. The molecule has 3 rings (SSSR count). The highest BCUT2D eigenvalue weighted by molar-refractivity contribution is 6.32. The first-order valence-electron chi connectivity index (χ1n) is 5.74. The van der Waals surface area contributed by atoms with Crippen molar-refractivity contribution in [1.82, 2.24) is 14.8 Å². The normalized spacial score (nSPS) is 10.6. The van der Waals surface area contributed by atoms with Gasteiger partial charge in [0.05, 0.1) is 10.7 Å². The first-order valence-corrected chi connectivity index (χ1v) is 6.12. The van der Waals surface area contributed by atoms with Crippen LogP contribution in [-0.2, 0) is 0 Å². The number of nitrogens with one attached hydrogen (secondary N) is 1. The van der Waals surface area contributed by atoms with Crippen LogP contribution in [0.15, 0.2) is 59.5 Å². The molecule has 1 aromatic carbocycles. The molecule has 0 amide bonds. The Morgan fingerprint density at radius 3 is 2.63 bits per heavy atom. The van der Waals surface area contributed by atoms with Gasteiger partial charge in [-0.2, -0.15) is 4.68 Å². The molecule has 4 nitrogen and oxygen atoms in total. The summed E-state index contributed by atoms with van der Waals surface area (Å²) in [7, 11) is 0. The minimum atomic E-state index is -0.195. The molecule has 0 saturated carbocycles. The Morgan fingerprint density at radius 2 is 1.89 bits per heavy atom. The summed E-state index contributed by atoms with van der Waals surface area (Å²) in [6.45, 7) is 0. The van der Waals surface area contributed by atoms with E-state index in [-0.39, 0.29) is 5.56 Å². The largest absolute Gasteiger partial charge is 0.289 e. The molecule has 5 heteroatoms. The van der Waals surface area contributed by atoms with Gasteiger partial charge in [-0.15, -0.1) is 0 Å². The Morgan fingerprint density at radius 1 is 1.11 bits per heavy atom. The molecule has 94 valence electrons. The molecule has 19 heavy (non-hydrogen) atoms. The number of aromatic amines is 1. The molecule has 0 spiro atoms. The highest BCUT2D eigenvalue weighted by Crippen LogP contribution is 2.18. The summed E-state index contributed by atoms with van der Waals surface area (Å²) in [6, 6.07) is 14.6. The van der Waals surface area contributed by atoms with Gasteiger partial charge in [0.15, 0.2) is 5.82 Å². The molecule has 0 unspecified atom stereocenters. The summed E-state index contributed by atoms with van der Waals surface area (Å²) in [5.41, 5.74) is 1.47. The number of hydrogen-bond acceptors (Lipinski definition) is 2. The number of hydrogen-bond donors (Lipinski definition) is 1. The fraction of sp³-hybridized carbons (Fsp3) is 0. The predicted molar refractivity (Wildman–Crippen MR) is 74.6 cm³/mol. The van der Waals surface area contributed by atoms with E-state index in [1.54, 1.807) is 18.3 Å². The Bertz CT molecular complexity index is 762. The maximum atomic E-state index is 12.0. The van der Waals surface area contributed by atoms with Gasteiger partial charge in [-0.05, 0) is 17.7 Å². The van der Waals surface area contributed by atoms with E-state index in [9.17, 15) is 4.79 Å². The molecule has 0 aliphatic carbocycles. The number of halogens is 1. The Hall–Kier alpha value is -2.33. The first-order chi connectivity index (χ1) is 9.25. The van der Waals surface area contributed by atoms with Crippen molar-refractivity contribution in [3.63, 3.8) is 0 Å². The molecule has 0 atom stereocenters. The molecule has 2 heterocycles. The molecule has 2 aromatic heterocycles. The molecule has 0 bridgehead atoms. The lowest BCUT2D eigenvalue weighted by Crippen LogP contribution is -2.15. The number of rotatable bonds is 2. The second-order valence-electron chi connectivity index (χ2n) is 4.02. The van der Waals surface area contributed by atoms with Gasteiger partial charge in [-0.25, -0.2) is 4.98 Å². The Kier molecular flexibility index (Phi) is 2.93. The van der Waals surface area contributed by atoms with E-state index in [1.807, 2.05) is 30.3 Å². The summed E-state index contributed by atoms with van der Waals surface area (Å²) in [5.74, 6) is 0.399. The van der Waals surface area contributed by atoms with Gasteiger partial charge < -0.3 is 0 Å². The number of nitrogens with zero attached hydrogens (tertiary/aromatic N) is 2. The van der Waals surface area contributed by atoms with Gasteiger partial charge >= 0.3 is 0 Å². The van der Waals surface area contributed by atoms with Crippen LogP contribution in [0, 0.1) is 0 Å². The van der Waals surface area contributed by atoms with Gasteiger partial charge in [-0.3, -0.25) is 9.89 Å². The van der Waals surface area contributed by atoms with Crippen molar-refractivity contribution in [2.24, 2.45) is 0 Å². The zero-order valence-corrected chi connectivity index (χ0v) is 10.6. The average molecular weight is 272 g/mol. The molecule has 1 N–H and O–H groups in total. The Balaban J connectivity index is 2.14. The lowest BCUT2D eigenvalue weighted by atomic mass is 10.2. The van der Waals surface area contributed by atoms with Crippen LogP contribution in [-0.4, -0.2) is 14.8 Å². The van der Waals surface area contributed by atoms with Gasteiger partial charge in [0.25, 0.3) is 5.56 Å². The zero-order valence-electron chi connectivity index (χ0n) is 9.88. The van der Waals surface area contributed by atoms with Crippen molar-refractivity contribution < 1.29 is 0 Å². The van der Waals surface area contributed by atoms with Crippen LogP contribution in [0.25, 0.3) is 17.1 Å². The maximum Gasteiger partial charge on any atom is 0.273 e. The van der Waals surface area contributed by atoms with Crippen LogP contribution in [0.2, 0.25) is 5.02 Å². The smallest absolute Gasteiger partial charge is 0.273 e. The topological polar surface area (TPSA) is 50.7 Å². The minimum Gasteiger partial charge on any atom is -0.289 e. The number of pyridine rings is 1. The van der Waals surface area contributed by atoms with E-state index in [0.717, 1.165) is 11.3 Å². The van der Waals surface area contributed by atoms with Crippen molar-refractivity contribution in [2.75, 3.05) is 0 Å². The van der Waals surface area contributed by atoms with Crippen molar-refractivity contribution in [3.8, 4) is 17.1 Å². The molecule has 0 saturated heterocycles. The molecular weight excluding hydrogens is 262 g/mol. The molecule has 0 radical (unpaired) electrons. The Labute approximate surface area is 114 Å². The third kappa shape index (κ3) is 2.18. The van der Waals surface area contributed by atoms with E-state index in [1.165, 1.54) is 10.7 Å². The number of benzene rings is 1. The van der Waals surface area contributed by atoms with Gasteiger partial charge in [-0.1, -0.05) is 41.9 Å². The quantitative estimate of drug-likeness (QED) is 0.779. The molecule has 3 aromatic rings. The highest BCUT2D eigenvalue weighted by atomic mass is 35.5. The third-order valence-electron chi connectivity index (χ3n) is 2.76. The second-order valence-corrected chi connectivity index (χ2v) is 4.43. The summed E-state index contributed by atoms with van der Waals surface area (Å²) in [6.07, 6.45) is 1.59. The zero-order chi connectivity index (χ0) is 13.2. The monoisotopic (exact) mass is 271 g/mol. The summed E-state index contributed by atoms with van der Waals surface area (Å²) < 4.78 is 1.34.